The number of likely N-dealkylation sites (tertiary alicyclic amines) is 1. The molecule has 2 heterocycles. The minimum Gasteiger partial charge on any atom is -0.341 e. The van der Waals surface area contributed by atoms with Crippen molar-refractivity contribution >= 4 is 5.91 Å². The molecule has 3 rings (SSSR count). The first-order valence-corrected chi connectivity index (χ1v) is 7.31. The van der Waals surface area contributed by atoms with Gasteiger partial charge >= 0.3 is 0 Å². The van der Waals surface area contributed by atoms with Crippen molar-refractivity contribution in [3.05, 3.63) is 0 Å². The van der Waals surface area contributed by atoms with Gasteiger partial charge in [0.25, 0.3) is 0 Å². The van der Waals surface area contributed by atoms with Gasteiger partial charge in [-0.15, -0.1) is 0 Å². The molecule has 0 bridgehead atoms. The molecule has 0 spiro atoms. The highest BCUT2D eigenvalue weighted by Gasteiger charge is 2.44. The van der Waals surface area contributed by atoms with Gasteiger partial charge in [-0.05, 0) is 43.6 Å². The quantitative estimate of drug-likeness (QED) is 0.790. The van der Waals surface area contributed by atoms with Gasteiger partial charge in [0, 0.05) is 13.1 Å². The molecule has 1 saturated carbocycles. The molecule has 0 aromatic rings. The number of fused-ring (bicyclic) bond motifs is 1. The molecule has 1 aliphatic carbocycles. The van der Waals surface area contributed by atoms with Gasteiger partial charge in [-0.3, -0.25) is 4.79 Å². The highest BCUT2D eigenvalue weighted by molar-refractivity contribution is 5.83. The Kier molecular flexibility index (Phi) is 3.12. The number of hydrogen-bond donors (Lipinski definition) is 1. The van der Waals surface area contributed by atoms with Crippen LogP contribution in [-0.2, 0) is 4.79 Å². The van der Waals surface area contributed by atoms with E-state index in [9.17, 15) is 4.79 Å². The Balaban J connectivity index is 1.63. The third-order valence-electron chi connectivity index (χ3n) is 5.19. The van der Waals surface area contributed by atoms with Crippen LogP contribution in [0, 0.1) is 17.8 Å². The molecule has 2 saturated heterocycles. The lowest BCUT2D eigenvalue weighted by atomic mass is 9.93. The Morgan fingerprint density at radius 3 is 3.00 bits per heavy atom. The standard InChI is InChI=1S/C14H24N2O/c1-2-10-6-7-16(9-10)14(17)13-12-5-3-4-11(12)8-15-13/h10-13,15H,2-9H2,1H3. The van der Waals surface area contributed by atoms with E-state index in [0.29, 0.717) is 11.8 Å². The van der Waals surface area contributed by atoms with Crippen LogP contribution in [0.4, 0.5) is 0 Å². The normalized spacial score (nSPS) is 40.9. The largest absolute Gasteiger partial charge is 0.341 e. The zero-order valence-corrected chi connectivity index (χ0v) is 10.8. The summed E-state index contributed by atoms with van der Waals surface area (Å²) in [6.07, 6.45) is 6.35. The fourth-order valence-electron chi connectivity index (χ4n) is 4.02. The highest BCUT2D eigenvalue weighted by atomic mass is 16.2. The fourth-order valence-corrected chi connectivity index (χ4v) is 4.02. The van der Waals surface area contributed by atoms with Gasteiger partial charge in [0.1, 0.15) is 0 Å². The summed E-state index contributed by atoms with van der Waals surface area (Å²) in [7, 11) is 0. The van der Waals surface area contributed by atoms with E-state index >= 15 is 0 Å². The lowest BCUT2D eigenvalue weighted by Gasteiger charge is -2.24. The second-order valence-corrected chi connectivity index (χ2v) is 6.09. The van der Waals surface area contributed by atoms with Crippen molar-refractivity contribution in [3.8, 4) is 0 Å². The average Bonchev–Trinajstić information content (AvgIpc) is 3.04. The minimum atomic E-state index is 0.151. The van der Waals surface area contributed by atoms with E-state index in [4.69, 9.17) is 0 Å². The first-order chi connectivity index (χ1) is 8.29. The molecule has 3 fully saturated rings. The van der Waals surface area contributed by atoms with Gasteiger partial charge in [0.2, 0.25) is 5.91 Å². The molecule has 3 heteroatoms. The minimum absolute atomic E-state index is 0.151. The van der Waals surface area contributed by atoms with Crippen molar-refractivity contribution in [2.45, 2.75) is 45.1 Å². The second kappa shape index (κ2) is 4.60. The average molecular weight is 236 g/mol. The van der Waals surface area contributed by atoms with Crippen LogP contribution < -0.4 is 5.32 Å². The van der Waals surface area contributed by atoms with Gasteiger partial charge in [0.15, 0.2) is 0 Å². The number of carbonyl (C=O) groups is 1. The molecular formula is C14H24N2O. The SMILES string of the molecule is CCC1CCN(C(=O)C2NCC3CCCC32)C1. The maximum Gasteiger partial charge on any atom is 0.240 e. The van der Waals surface area contributed by atoms with E-state index in [1.165, 1.54) is 32.1 Å². The van der Waals surface area contributed by atoms with E-state index in [2.05, 4.69) is 17.1 Å². The van der Waals surface area contributed by atoms with E-state index < -0.39 is 0 Å². The molecule has 0 aromatic heterocycles. The zero-order chi connectivity index (χ0) is 11.8. The summed E-state index contributed by atoms with van der Waals surface area (Å²) in [5, 5.41) is 3.48. The smallest absolute Gasteiger partial charge is 0.240 e. The molecular weight excluding hydrogens is 212 g/mol. The summed E-state index contributed by atoms with van der Waals surface area (Å²) in [5.74, 6) is 2.58. The van der Waals surface area contributed by atoms with Crippen LogP contribution in [0.2, 0.25) is 0 Å². The fraction of sp³-hybridized carbons (Fsp3) is 0.929. The predicted molar refractivity (Wildman–Crippen MR) is 67.6 cm³/mol. The van der Waals surface area contributed by atoms with Crippen LogP contribution in [0.25, 0.3) is 0 Å². The third-order valence-corrected chi connectivity index (χ3v) is 5.19. The van der Waals surface area contributed by atoms with Crippen LogP contribution in [0.1, 0.15) is 39.0 Å². The van der Waals surface area contributed by atoms with Gasteiger partial charge < -0.3 is 10.2 Å². The Labute approximate surface area is 104 Å². The van der Waals surface area contributed by atoms with Crippen molar-refractivity contribution in [1.82, 2.24) is 10.2 Å². The van der Waals surface area contributed by atoms with E-state index in [1.807, 2.05) is 0 Å². The number of carbonyl (C=O) groups excluding carboxylic acids is 1. The van der Waals surface area contributed by atoms with Crippen molar-refractivity contribution < 1.29 is 4.79 Å². The summed E-state index contributed by atoms with van der Waals surface area (Å²) >= 11 is 0. The molecule has 0 aromatic carbocycles. The molecule has 4 unspecified atom stereocenters. The van der Waals surface area contributed by atoms with Crippen LogP contribution in [0.15, 0.2) is 0 Å². The molecule has 3 nitrogen and oxygen atoms in total. The number of nitrogens with one attached hydrogen (secondary N) is 1. The van der Waals surface area contributed by atoms with Crippen molar-refractivity contribution in [3.63, 3.8) is 0 Å². The predicted octanol–water partition coefficient (Wildman–Crippen LogP) is 1.63. The van der Waals surface area contributed by atoms with Crippen molar-refractivity contribution in [2.75, 3.05) is 19.6 Å². The molecule has 1 amide bonds. The topological polar surface area (TPSA) is 32.3 Å². The molecule has 4 atom stereocenters. The lowest BCUT2D eigenvalue weighted by Crippen LogP contribution is -2.45. The van der Waals surface area contributed by atoms with Crippen LogP contribution in [0.3, 0.4) is 0 Å². The Morgan fingerprint density at radius 2 is 2.24 bits per heavy atom. The molecule has 1 N–H and O–H groups in total. The molecule has 2 aliphatic heterocycles. The lowest BCUT2D eigenvalue weighted by molar-refractivity contribution is -0.133. The van der Waals surface area contributed by atoms with E-state index in [0.717, 1.165) is 31.5 Å². The molecule has 0 radical (unpaired) electrons. The Hall–Kier alpha value is -0.570. The Morgan fingerprint density at radius 1 is 1.35 bits per heavy atom. The molecule has 3 aliphatic rings. The van der Waals surface area contributed by atoms with E-state index in [-0.39, 0.29) is 6.04 Å². The first-order valence-electron chi connectivity index (χ1n) is 7.31. The Bertz CT molecular complexity index is 305. The van der Waals surface area contributed by atoms with Crippen molar-refractivity contribution in [1.29, 1.82) is 0 Å². The summed E-state index contributed by atoms with van der Waals surface area (Å²) in [4.78, 5) is 14.6. The van der Waals surface area contributed by atoms with E-state index in [1.54, 1.807) is 0 Å². The van der Waals surface area contributed by atoms with Crippen molar-refractivity contribution in [2.24, 2.45) is 17.8 Å². The number of rotatable bonds is 2. The van der Waals surface area contributed by atoms with Gasteiger partial charge in [-0.2, -0.15) is 0 Å². The monoisotopic (exact) mass is 236 g/mol. The number of amides is 1. The zero-order valence-electron chi connectivity index (χ0n) is 10.8. The maximum absolute atomic E-state index is 12.5. The highest BCUT2D eigenvalue weighted by Crippen LogP contribution is 2.38. The number of hydrogen-bond acceptors (Lipinski definition) is 2. The van der Waals surface area contributed by atoms with Crippen LogP contribution in [0.5, 0.6) is 0 Å². The first kappa shape index (κ1) is 11.5. The van der Waals surface area contributed by atoms with Gasteiger partial charge in [-0.1, -0.05) is 19.8 Å². The van der Waals surface area contributed by atoms with Crippen LogP contribution in [-0.4, -0.2) is 36.5 Å². The second-order valence-electron chi connectivity index (χ2n) is 6.09. The molecule has 17 heavy (non-hydrogen) atoms. The summed E-state index contributed by atoms with van der Waals surface area (Å²) in [6.45, 7) is 5.31. The summed E-state index contributed by atoms with van der Waals surface area (Å²) in [6, 6.07) is 0.151. The molecule has 96 valence electrons. The maximum atomic E-state index is 12.5. The number of nitrogens with zero attached hydrogens (tertiary/aromatic N) is 1. The van der Waals surface area contributed by atoms with Gasteiger partial charge in [0.05, 0.1) is 6.04 Å². The summed E-state index contributed by atoms with van der Waals surface area (Å²) < 4.78 is 0. The third kappa shape index (κ3) is 1.99. The van der Waals surface area contributed by atoms with Gasteiger partial charge in [-0.25, -0.2) is 0 Å². The van der Waals surface area contributed by atoms with Crippen LogP contribution >= 0.6 is 0 Å². The summed E-state index contributed by atoms with van der Waals surface area (Å²) in [5.41, 5.74) is 0.